The summed E-state index contributed by atoms with van der Waals surface area (Å²) in [5.41, 5.74) is 1.17. The number of hydrogen-bond donors (Lipinski definition) is 3. The summed E-state index contributed by atoms with van der Waals surface area (Å²) in [5, 5.41) is 12.4. The predicted molar refractivity (Wildman–Crippen MR) is 105 cm³/mol. The standard InChI is InChI=1S/C20H20N2O5S/c1-14(15-6-3-2-4-7-15)22-18-10-9-16(20(23)24)12-19(18)28(25,26)21-13-17-8-5-11-27-17/h2-12,14,21-22H,13H2,1H3,(H,23,24)/t14-/m1/s1. The van der Waals surface area contributed by atoms with Crippen LogP contribution in [0.5, 0.6) is 0 Å². The molecule has 1 atom stereocenters. The van der Waals surface area contributed by atoms with Gasteiger partial charge in [0.15, 0.2) is 0 Å². The van der Waals surface area contributed by atoms with Gasteiger partial charge in [0.1, 0.15) is 10.7 Å². The fourth-order valence-corrected chi connectivity index (χ4v) is 3.90. The molecule has 0 saturated carbocycles. The van der Waals surface area contributed by atoms with Crippen LogP contribution in [0.3, 0.4) is 0 Å². The van der Waals surface area contributed by atoms with Crippen LogP contribution in [0.1, 0.15) is 34.6 Å². The summed E-state index contributed by atoms with van der Waals surface area (Å²) in [6, 6.07) is 16.6. The fraction of sp³-hybridized carbons (Fsp3) is 0.150. The van der Waals surface area contributed by atoms with E-state index in [4.69, 9.17) is 4.42 Å². The molecular weight excluding hydrogens is 380 g/mol. The maximum atomic E-state index is 12.9. The molecule has 0 aliphatic rings. The number of nitrogens with one attached hydrogen (secondary N) is 2. The molecule has 0 aliphatic carbocycles. The van der Waals surface area contributed by atoms with E-state index in [9.17, 15) is 18.3 Å². The van der Waals surface area contributed by atoms with Gasteiger partial charge in [-0.1, -0.05) is 30.3 Å². The highest BCUT2D eigenvalue weighted by Crippen LogP contribution is 2.27. The Hall–Kier alpha value is -3.10. The first-order chi connectivity index (χ1) is 13.4. The van der Waals surface area contributed by atoms with Gasteiger partial charge in [0.05, 0.1) is 24.1 Å². The minimum atomic E-state index is -3.99. The Kier molecular flexibility index (Phi) is 5.81. The highest BCUT2D eigenvalue weighted by molar-refractivity contribution is 7.89. The van der Waals surface area contributed by atoms with Gasteiger partial charge in [0, 0.05) is 6.04 Å². The number of benzene rings is 2. The van der Waals surface area contributed by atoms with E-state index in [2.05, 4.69) is 10.0 Å². The molecule has 0 spiro atoms. The molecule has 0 fully saturated rings. The topological polar surface area (TPSA) is 109 Å². The third-order valence-electron chi connectivity index (χ3n) is 4.21. The average molecular weight is 400 g/mol. The maximum absolute atomic E-state index is 12.9. The van der Waals surface area contributed by atoms with Gasteiger partial charge in [-0.3, -0.25) is 0 Å². The van der Waals surface area contributed by atoms with Crippen LogP contribution in [-0.2, 0) is 16.6 Å². The van der Waals surface area contributed by atoms with E-state index < -0.39 is 16.0 Å². The van der Waals surface area contributed by atoms with Crippen molar-refractivity contribution in [1.82, 2.24) is 4.72 Å². The zero-order valence-electron chi connectivity index (χ0n) is 15.1. The molecule has 1 aromatic heterocycles. The number of carbonyl (C=O) groups is 1. The number of carboxylic acids is 1. The number of anilines is 1. The first-order valence-electron chi connectivity index (χ1n) is 8.58. The van der Waals surface area contributed by atoms with E-state index >= 15 is 0 Å². The lowest BCUT2D eigenvalue weighted by atomic mass is 10.1. The molecule has 146 valence electrons. The van der Waals surface area contributed by atoms with Crippen molar-refractivity contribution >= 4 is 21.7 Å². The normalized spacial score (nSPS) is 12.5. The van der Waals surface area contributed by atoms with E-state index in [-0.39, 0.29) is 23.0 Å². The second-order valence-corrected chi connectivity index (χ2v) is 7.93. The second-order valence-electron chi connectivity index (χ2n) is 6.20. The zero-order chi connectivity index (χ0) is 20.1. The number of aromatic carboxylic acids is 1. The molecule has 8 heteroatoms. The van der Waals surface area contributed by atoms with Crippen molar-refractivity contribution in [3.8, 4) is 0 Å². The third kappa shape index (κ3) is 4.59. The van der Waals surface area contributed by atoms with E-state index in [1.54, 1.807) is 12.1 Å². The Labute approximate surface area is 163 Å². The highest BCUT2D eigenvalue weighted by Gasteiger charge is 2.22. The zero-order valence-corrected chi connectivity index (χ0v) is 15.9. The van der Waals surface area contributed by atoms with Crippen LogP contribution in [0, 0.1) is 0 Å². The second kappa shape index (κ2) is 8.28. The van der Waals surface area contributed by atoms with Gasteiger partial charge in [-0.2, -0.15) is 0 Å². The quantitative estimate of drug-likeness (QED) is 0.533. The molecule has 3 rings (SSSR count). The van der Waals surface area contributed by atoms with Gasteiger partial charge in [-0.05, 0) is 42.8 Å². The smallest absolute Gasteiger partial charge is 0.335 e. The van der Waals surface area contributed by atoms with Gasteiger partial charge in [-0.15, -0.1) is 0 Å². The largest absolute Gasteiger partial charge is 0.478 e. The minimum absolute atomic E-state index is 0.0414. The van der Waals surface area contributed by atoms with Crippen molar-refractivity contribution in [3.05, 3.63) is 83.8 Å². The van der Waals surface area contributed by atoms with E-state index in [0.717, 1.165) is 11.6 Å². The van der Waals surface area contributed by atoms with Crippen LogP contribution in [-0.4, -0.2) is 19.5 Å². The van der Waals surface area contributed by atoms with Crippen LogP contribution in [0.4, 0.5) is 5.69 Å². The highest BCUT2D eigenvalue weighted by atomic mass is 32.2. The maximum Gasteiger partial charge on any atom is 0.335 e. The molecule has 0 bridgehead atoms. The van der Waals surface area contributed by atoms with Crippen molar-refractivity contribution in [2.45, 2.75) is 24.4 Å². The van der Waals surface area contributed by atoms with Crippen molar-refractivity contribution in [2.24, 2.45) is 0 Å². The lowest BCUT2D eigenvalue weighted by molar-refractivity contribution is 0.0696. The SMILES string of the molecule is C[C@@H](Nc1ccc(C(=O)O)cc1S(=O)(=O)NCc1ccco1)c1ccccc1. The molecule has 2 aromatic carbocycles. The van der Waals surface area contributed by atoms with Gasteiger partial charge in [0.2, 0.25) is 10.0 Å². The van der Waals surface area contributed by atoms with Crippen molar-refractivity contribution in [3.63, 3.8) is 0 Å². The number of hydrogen-bond acceptors (Lipinski definition) is 5. The molecule has 28 heavy (non-hydrogen) atoms. The van der Waals surface area contributed by atoms with Crippen molar-refractivity contribution in [1.29, 1.82) is 0 Å². The van der Waals surface area contributed by atoms with Gasteiger partial charge in [-0.25, -0.2) is 17.9 Å². The summed E-state index contributed by atoms with van der Waals surface area (Å²) in [6.45, 7) is 1.85. The number of sulfonamides is 1. The van der Waals surface area contributed by atoms with E-state index in [1.165, 1.54) is 18.4 Å². The molecule has 3 N–H and O–H groups in total. The lowest BCUT2D eigenvalue weighted by Crippen LogP contribution is -2.25. The Morgan fingerprint density at radius 3 is 2.50 bits per heavy atom. The van der Waals surface area contributed by atoms with Crippen LogP contribution in [0.25, 0.3) is 0 Å². The monoisotopic (exact) mass is 400 g/mol. The Morgan fingerprint density at radius 2 is 1.86 bits per heavy atom. The first kappa shape index (κ1) is 19.7. The van der Waals surface area contributed by atoms with Crippen LogP contribution in [0.15, 0.2) is 76.2 Å². The molecule has 0 saturated heterocycles. The minimum Gasteiger partial charge on any atom is -0.478 e. The van der Waals surface area contributed by atoms with Crippen molar-refractivity contribution in [2.75, 3.05) is 5.32 Å². The lowest BCUT2D eigenvalue weighted by Gasteiger charge is -2.19. The van der Waals surface area contributed by atoms with Crippen LogP contribution in [0.2, 0.25) is 0 Å². The average Bonchev–Trinajstić information content (AvgIpc) is 3.21. The summed E-state index contributed by atoms with van der Waals surface area (Å²) in [5.74, 6) is -0.754. The Morgan fingerprint density at radius 1 is 1.11 bits per heavy atom. The molecule has 0 radical (unpaired) electrons. The molecule has 1 heterocycles. The molecule has 0 amide bonds. The molecule has 7 nitrogen and oxygen atoms in total. The Balaban J connectivity index is 1.92. The van der Waals surface area contributed by atoms with Gasteiger partial charge >= 0.3 is 5.97 Å². The summed E-state index contributed by atoms with van der Waals surface area (Å²) in [6.07, 6.45) is 1.45. The van der Waals surface area contributed by atoms with E-state index in [1.807, 2.05) is 37.3 Å². The number of rotatable bonds is 8. The molecule has 0 aliphatic heterocycles. The third-order valence-corrected chi connectivity index (χ3v) is 5.65. The number of carboxylic acid groups (broad SMARTS) is 1. The van der Waals surface area contributed by atoms with Gasteiger partial charge < -0.3 is 14.8 Å². The van der Waals surface area contributed by atoms with Crippen molar-refractivity contribution < 1.29 is 22.7 Å². The summed E-state index contributed by atoms with van der Waals surface area (Å²) in [7, 11) is -3.99. The first-order valence-corrected chi connectivity index (χ1v) is 10.1. The predicted octanol–water partition coefficient (Wildman–Crippen LogP) is 3.63. The molecular formula is C20H20N2O5S. The summed E-state index contributed by atoms with van der Waals surface area (Å²) < 4.78 is 33.3. The summed E-state index contributed by atoms with van der Waals surface area (Å²) >= 11 is 0. The molecule has 3 aromatic rings. The summed E-state index contributed by atoms with van der Waals surface area (Å²) in [4.78, 5) is 11.2. The van der Waals surface area contributed by atoms with E-state index in [0.29, 0.717) is 11.4 Å². The van der Waals surface area contributed by atoms with Crippen LogP contribution < -0.4 is 10.0 Å². The van der Waals surface area contributed by atoms with Crippen LogP contribution >= 0.6 is 0 Å². The molecule has 0 unspecified atom stereocenters. The number of furan rings is 1. The van der Waals surface area contributed by atoms with Gasteiger partial charge in [0.25, 0.3) is 0 Å². The fourth-order valence-electron chi connectivity index (χ4n) is 2.71. The Bertz CT molecular complexity index is 1050.